The molecule has 0 spiro atoms. The number of rotatable bonds is 4. The van der Waals surface area contributed by atoms with E-state index < -0.39 is 0 Å². The monoisotopic (exact) mass is 553 g/mol. The van der Waals surface area contributed by atoms with Crippen molar-refractivity contribution >= 4 is 28.1 Å². The van der Waals surface area contributed by atoms with Crippen molar-refractivity contribution in [2.75, 3.05) is 4.90 Å². The summed E-state index contributed by atoms with van der Waals surface area (Å²) in [6, 6.07) is 54.0. The summed E-state index contributed by atoms with van der Waals surface area (Å²) in [4.78, 5) is 7.60. The Kier molecular flexibility index (Phi) is 5.80. The minimum atomic E-state index is -0.181. The molecule has 8 rings (SSSR count). The fourth-order valence-corrected chi connectivity index (χ4v) is 6.70. The van der Waals surface area contributed by atoms with Gasteiger partial charge in [0.25, 0.3) is 0 Å². The van der Waals surface area contributed by atoms with Crippen LogP contribution >= 0.6 is 0 Å². The number of fused-ring (bicyclic) bond motifs is 3. The van der Waals surface area contributed by atoms with E-state index in [-0.39, 0.29) is 5.41 Å². The molecule has 206 valence electrons. The summed E-state index contributed by atoms with van der Waals surface area (Å²) in [6.45, 7) is 4.69. The van der Waals surface area contributed by atoms with Gasteiger partial charge in [-0.25, -0.2) is 4.98 Å². The minimum Gasteiger partial charge on any atom is -0.310 e. The third kappa shape index (κ3) is 4.00. The highest BCUT2D eigenvalue weighted by Crippen LogP contribution is 2.52. The largest absolute Gasteiger partial charge is 0.310 e. The summed E-state index contributed by atoms with van der Waals surface area (Å²) in [5.41, 5.74) is 12.7. The Bertz CT molecular complexity index is 2110. The predicted molar refractivity (Wildman–Crippen MR) is 179 cm³/mol. The van der Waals surface area contributed by atoms with Crippen molar-refractivity contribution < 1.29 is 0 Å². The molecular formula is C40H31N3. The first kappa shape index (κ1) is 25.3. The Morgan fingerprint density at radius 3 is 1.91 bits per heavy atom. The van der Waals surface area contributed by atoms with Crippen LogP contribution in [0, 0.1) is 0 Å². The number of hydrogen-bond acceptors (Lipinski definition) is 2. The lowest BCUT2D eigenvalue weighted by molar-refractivity contribution is 0.632. The molecule has 7 aromatic rings. The van der Waals surface area contributed by atoms with Crippen molar-refractivity contribution in [3.8, 4) is 28.2 Å². The van der Waals surface area contributed by atoms with Crippen molar-refractivity contribution in [1.29, 1.82) is 0 Å². The van der Waals surface area contributed by atoms with E-state index in [2.05, 4.69) is 175 Å². The van der Waals surface area contributed by atoms with E-state index >= 15 is 0 Å². The van der Waals surface area contributed by atoms with Crippen LogP contribution in [0.1, 0.15) is 25.0 Å². The maximum absolute atomic E-state index is 5.20. The maximum atomic E-state index is 5.20. The van der Waals surface area contributed by atoms with Crippen LogP contribution in [0.2, 0.25) is 0 Å². The van der Waals surface area contributed by atoms with Crippen LogP contribution in [-0.2, 0) is 5.41 Å². The van der Waals surface area contributed by atoms with Crippen molar-refractivity contribution in [2.45, 2.75) is 19.3 Å². The van der Waals surface area contributed by atoms with Gasteiger partial charge in [0.2, 0.25) is 0 Å². The van der Waals surface area contributed by atoms with Crippen molar-refractivity contribution in [3.63, 3.8) is 0 Å². The van der Waals surface area contributed by atoms with Crippen molar-refractivity contribution in [3.05, 3.63) is 163 Å². The first-order valence-corrected chi connectivity index (χ1v) is 14.8. The summed E-state index contributed by atoms with van der Waals surface area (Å²) in [7, 11) is 0. The smallest absolute Gasteiger partial charge is 0.146 e. The molecule has 0 fully saturated rings. The Morgan fingerprint density at radius 2 is 1.12 bits per heavy atom. The predicted octanol–water partition coefficient (Wildman–Crippen LogP) is 10.5. The van der Waals surface area contributed by atoms with Gasteiger partial charge in [-0.05, 0) is 76.9 Å². The van der Waals surface area contributed by atoms with Crippen LogP contribution in [0.25, 0.3) is 39.2 Å². The molecule has 0 atom stereocenters. The number of para-hydroxylation sites is 5. The Hall–Kier alpha value is -5.41. The molecule has 1 aliphatic rings. The van der Waals surface area contributed by atoms with Crippen molar-refractivity contribution in [1.82, 2.24) is 9.55 Å². The molecule has 6 aromatic carbocycles. The van der Waals surface area contributed by atoms with E-state index in [1.54, 1.807) is 0 Å². The van der Waals surface area contributed by atoms with E-state index in [0.717, 1.165) is 33.8 Å². The molecule has 43 heavy (non-hydrogen) atoms. The van der Waals surface area contributed by atoms with E-state index in [4.69, 9.17) is 4.98 Å². The maximum Gasteiger partial charge on any atom is 0.146 e. The average molecular weight is 554 g/mol. The van der Waals surface area contributed by atoms with E-state index in [9.17, 15) is 0 Å². The Balaban J connectivity index is 1.35. The number of benzene rings is 6. The number of hydrogen-bond donors (Lipinski definition) is 0. The van der Waals surface area contributed by atoms with Crippen LogP contribution in [0.3, 0.4) is 0 Å². The first-order valence-electron chi connectivity index (χ1n) is 14.8. The summed E-state index contributed by atoms with van der Waals surface area (Å²) >= 11 is 0. The first-order chi connectivity index (χ1) is 21.1. The van der Waals surface area contributed by atoms with Crippen LogP contribution in [0.5, 0.6) is 0 Å². The number of imidazole rings is 1. The molecule has 2 heterocycles. The third-order valence-corrected chi connectivity index (χ3v) is 8.80. The standard InChI is InChI=1S/C40H31N3/c1-40(2)33-21-11-13-23-36(33)42(29-15-5-3-6-16-29)37-26-25-28(27-34(37)40)31-19-9-10-20-32(31)39-41-35-22-12-14-24-38(35)43(39)30-17-7-4-8-18-30/h3-27H,1-2H3. The fourth-order valence-electron chi connectivity index (χ4n) is 6.70. The number of aromatic nitrogens is 2. The van der Waals surface area contributed by atoms with Gasteiger partial charge in [0.05, 0.1) is 22.4 Å². The van der Waals surface area contributed by atoms with Gasteiger partial charge in [0.1, 0.15) is 5.82 Å². The molecule has 0 radical (unpaired) electrons. The van der Waals surface area contributed by atoms with Crippen LogP contribution in [0.4, 0.5) is 17.1 Å². The fraction of sp³-hybridized carbons (Fsp3) is 0.0750. The molecule has 0 bridgehead atoms. The summed E-state index contributed by atoms with van der Waals surface area (Å²) in [6.07, 6.45) is 0. The highest BCUT2D eigenvalue weighted by atomic mass is 15.2. The second-order valence-electron chi connectivity index (χ2n) is 11.7. The van der Waals surface area contributed by atoms with E-state index in [1.165, 1.54) is 33.6 Å². The molecule has 3 nitrogen and oxygen atoms in total. The second kappa shape index (κ2) is 9.85. The Morgan fingerprint density at radius 1 is 0.512 bits per heavy atom. The van der Waals surface area contributed by atoms with Crippen LogP contribution in [-0.4, -0.2) is 9.55 Å². The SMILES string of the molecule is CC1(C)c2ccccc2N(c2ccccc2)c2ccc(-c3ccccc3-c3nc4ccccc4n3-c3ccccc3)cc21. The molecule has 0 unspecified atom stereocenters. The van der Waals surface area contributed by atoms with E-state index in [1.807, 2.05) is 0 Å². The molecule has 1 aliphatic heterocycles. The van der Waals surface area contributed by atoms with Gasteiger partial charge in [-0.3, -0.25) is 4.57 Å². The zero-order valence-corrected chi connectivity index (χ0v) is 24.3. The van der Waals surface area contributed by atoms with Crippen LogP contribution < -0.4 is 4.90 Å². The second-order valence-corrected chi connectivity index (χ2v) is 11.7. The van der Waals surface area contributed by atoms with Gasteiger partial charge in [-0.1, -0.05) is 111 Å². The summed E-state index contributed by atoms with van der Waals surface area (Å²) in [5.74, 6) is 0.941. The normalized spacial score (nSPS) is 13.5. The summed E-state index contributed by atoms with van der Waals surface area (Å²) < 4.78 is 2.28. The Labute approximate surface area is 252 Å². The topological polar surface area (TPSA) is 21.1 Å². The lowest BCUT2D eigenvalue weighted by Crippen LogP contribution is -2.30. The summed E-state index contributed by atoms with van der Waals surface area (Å²) in [5, 5.41) is 0. The molecular weight excluding hydrogens is 522 g/mol. The molecule has 0 saturated heterocycles. The minimum absolute atomic E-state index is 0.181. The lowest BCUT2D eigenvalue weighted by atomic mass is 9.72. The van der Waals surface area contributed by atoms with Crippen LogP contribution in [0.15, 0.2) is 152 Å². The van der Waals surface area contributed by atoms with Gasteiger partial charge < -0.3 is 4.90 Å². The molecule has 0 aliphatic carbocycles. The van der Waals surface area contributed by atoms with Gasteiger partial charge in [-0.15, -0.1) is 0 Å². The molecule has 1 aromatic heterocycles. The van der Waals surface area contributed by atoms with Crippen molar-refractivity contribution in [2.24, 2.45) is 0 Å². The van der Waals surface area contributed by atoms with Gasteiger partial charge in [-0.2, -0.15) is 0 Å². The molecule has 3 heteroatoms. The molecule has 0 saturated carbocycles. The highest BCUT2D eigenvalue weighted by molar-refractivity contribution is 5.91. The number of nitrogens with zero attached hydrogens (tertiary/aromatic N) is 3. The zero-order chi connectivity index (χ0) is 29.0. The third-order valence-electron chi connectivity index (χ3n) is 8.80. The van der Waals surface area contributed by atoms with Gasteiger partial charge in [0.15, 0.2) is 0 Å². The average Bonchev–Trinajstić information content (AvgIpc) is 3.45. The molecule has 0 amide bonds. The van der Waals surface area contributed by atoms with Gasteiger partial charge >= 0.3 is 0 Å². The zero-order valence-electron chi connectivity index (χ0n) is 24.3. The lowest BCUT2D eigenvalue weighted by Gasteiger charge is -2.42. The highest BCUT2D eigenvalue weighted by Gasteiger charge is 2.37. The quantitative estimate of drug-likeness (QED) is 0.216. The number of anilines is 3. The van der Waals surface area contributed by atoms with Gasteiger partial charge in [0, 0.05) is 22.4 Å². The van der Waals surface area contributed by atoms with E-state index in [0.29, 0.717) is 0 Å². The molecule has 0 N–H and O–H groups in total.